The van der Waals surface area contributed by atoms with Crippen molar-refractivity contribution in [3.8, 4) is 0 Å². The predicted octanol–water partition coefficient (Wildman–Crippen LogP) is 2.91. The number of halogens is 1. The van der Waals surface area contributed by atoms with Crippen LogP contribution < -0.4 is 5.32 Å². The number of hydrogen-bond donors (Lipinski definition) is 1. The standard InChI is InChI=1S/C14H21ClN2O3S/c1-4-9(2)10(3)16-14(18)13-7-12(21(15,19)20)8-17(13)11-5-6-11/h7-11H,4-6H2,1-3H3,(H,16,18). The Balaban J connectivity index is 2.26. The molecule has 1 amide bonds. The molecule has 7 heteroatoms. The molecule has 5 nitrogen and oxygen atoms in total. The van der Waals surface area contributed by atoms with Crippen molar-refractivity contribution in [3.63, 3.8) is 0 Å². The van der Waals surface area contributed by atoms with E-state index in [2.05, 4.69) is 19.2 Å². The first kappa shape index (κ1) is 16.4. The van der Waals surface area contributed by atoms with E-state index in [4.69, 9.17) is 10.7 Å². The first-order chi connectivity index (χ1) is 9.74. The van der Waals surface area contributed by atoms with Gasteiger partial charge in [-0.3, -0.25) is 4.79 Å². The number of nitrogens with one attached hydrogen (secondary N) is 1. The van der Waals surface area contributed by atoms with Gasteiger partial charge >= 0.3 is 0 Å². The number of rotatable bonds is 6. The molecule has 0 aromatic carbocycles. The molecule has 2 unspecified atom stereocenters. The van der Waals surface area contributed by atoms with Gasteiger partial charge in [-0.05, 0) is 31.7 Å². The highest BCUT2D eigenvalue weighted by molar-refractivity contribution is 8.13. The molecule has 1 aliphatic rings. The van der Waals surface area contributed by atoms with E-state index >= 15 is 0 Å². The van der Waals surface area contributed by atoms with Gasteiger partial charge in [0.15, 0.2) is 0 Å². The Hall–Kier alpha value is -1.01. The van der Waals surface area contributed by atoms with E-state index in [1.54, 1.807) is 4.57 Å². The summed E-state index contributed by atoms with van der Waals surface area (Å²) in [5.74, 6) is 0.107. The summed E-state index contributed by atoms with van der Waals surface area (Å²) in [4.78, 5) is 12.4. The highest BCUT2D eigenvalue weighted by Gasteiger charge is 2.30. The van der Waals surface area contributed by atoms with Crippen molar-refractivity contribution < 1.29 is 13.2 Å². The van der Waals surface area contributed by atoms with Crippen molar-refractivity contribution >= 4 is 25.6 Å². The van der Waals surface area contributed by atoms with Crippen LogP contribution >= 0.6 is 10.7 Å². The zero-order valence-corrected chi connectivity index (χ0v) is 14.0. The van der Waals surface area contributed by atoms with Crippen molar-refractivity contribution in [2.45, 2.75) is 57.0 Å². The summed E-state index contributed by atoms with van der Waals surface area (Å²) in [6.45, 7) is 6.09. The molecule has 118 valence electrons. The van der Waals surface area contributed by atoms with E-state index in [1.807, 2.05) is 6.92 Å². The first-order valence-electron chi connectivity index (χ1n) is 7.21. The summed E-state index contributed by atoms with van der Waals surface area (Å²) in [7, 11) is 1.56. The van der Waals surface area contributed by atoms with Crippen molar-refractivity contribution in [2.24, 2.45) is 5.92 Å². The summed E-state index contributed by atoms with van der Waals surface area (Å²) in [6, 6.07) is 1.59. The largest absolute Gasteiger partial charge is 0.348 e. The van der Waals surface area contributed by atoms with E-state index in [9.17, 15) is 13.2 Å². The third kappa shape index (κ3) is 3.80. The first-order valence-corrected chi connectivity index (χ1v) is 9.52. The van der Waals surface area contributed by atoms with Crippen molar-refractivity contribution in [1.82, 2.24) is 9.88 Å². The molecule has 0 spiro atoms. The van der Waals surface area contributed by atoms with Gasteiger partial charge < -0.3 is 9.88 Å². The fourth-order valence-corrected chi connectivity index (χ4v) is 2.95. The topological polar surface area (TPSA) is 68.2 Å². The minimum atomic E-state index is -3.82. The van der Waals surface area contributed by atoms with Gasteiger partial charge in [-0.25, -0.2) is 8.42 Å². The maximum Gasteiger partial charge on any atom is 0.268 e. The molecule has 1 aliphatic carbocycles. The lowest BCUT2D eigenvalue weighted by Crippen LogP contribution is -2.37. The predicted molar refractivity (Wildman–Crippen MR) is 82.1 cm³/mol. The van der Waals surface area contributed by atoms with Gasteiger partial charge in [-0.2, -0.15) is 0 Å². The number of nitrogens with zero attached hydrogens (tertiary/aromatic N) is 1. The molecule has 0 radical (unpaired) electrons. The van der Waals surface area contributed by atoms with E-state index in [1.165, 1.54) is 12.3 Å². The van der Waals surface area contributed by atoms with Crippen LogP contribution in [0.15, 0.2) is 17.2 Å². The number of carbonyl (C=O) groups excluding carboxylic acids is 1. The molecule has 1 aromatic heterocycles. The Morgan fingerprint density at radius 1 is 1.48 bits per heavy atom. The van der Waals surface area contributed by atoms with Crippen LogP contribution in [0, 0.1) is 5.92 Å². The lowest BCUT2D eigenvalue weighted by Gasteiger charge is -2.20. The highest BCUT2D eigenvalue weighted by Crippen LogP contribution is 2.37. The summed E-state index contributed by atoms with van der Waals surface area (Å²) >= 11 is 0. The Labute approximate surface area is 130 Å². The number of aromatic nitrogens is 1. The van der Waals surface area contributed by atoms with Crippen LogP contribution in [-0.2, 0) is 9.05 Å². The van der Waals surface area contributed by atoms with Gasteiger partial charge in [0.25, 0.3) is 15.0 Å². The molecule has 0 aliphatic heterocycles. The van der Waals surface area contributed by atoms with Crippen molar-refractivity contribution in [2.75, 3.05) is 0 Å². The average molecular weight is 333 g/mol. The zero-order valence-electron chi connectivity index (χ0n) is 12.5. The smallest absolute Gasteiger partial charge is 0.268 e. The monoisotopic (exact) mass is 332 g/mol. The molecule has 1 N–H and O–H groups in total. The van der Waals surface area contributed by atoms with Crippen LogP contribution in [0.3, 0.4) is 0 Å². The third-order valence-electron chi connectivity index (χ3n) is 4.13. The molecule has 1 heterocycles. The Morgan fingerprint density at radius 2 is 2.10 bits per heavy atom. The fraction of sp³-hybridized carbons (Fsp3) is 0.643. The van der Waals surface area contributed by atoms with E-state index in [-0.39, 0.29) is 22.9 Å². The summed E-state index contributed by atoms with van der Waals surface area (Å²) < 4.78 is 24.7. The zero-order chi connectivity index (χ0) is 15.8. The quantitative estimate of drug-likeness (QED) is 0.814. The third-order valence-corrected chi connectivity index (χ3v) is 5.46. The van der Waals surface area contributed by atoms with Gasteiger partial charge in [0.1, 0.15) is 10.6 Å². The van der Waals surface area contributed by atoms with Gasteiger partial charge in [-0.15, -0.1) is 0 Å². The molecular weight excluding hydrogens is 312 g/mol. The molecule has 1 aromatic rings. The summed E-state index contributed by atoms with van der Waals surface area (Å²) in [6.07, 6.45) is 4.34. The molecule has 21 heavy (non-hydrogen) atoms. The van der Waals surface area contributed by atoms with Crippen LogP contribution in [0.4, 0.5) is 0 Å². The lowest BCUT2D eigenvalue weighted by atomic mass is 10.0. The SMILES string of the molecule is CCC(C)C(C)NC(=O)c1cc(S(=O)(=O)Cl)cn1C1CC1. The van der Waals surface area contributed by atoms with Crippen LogP contribution in [0.5, 0.6) is 0 Å². The molecule has 1 saturated carbocycles. The van der Waals surface area contributed by atoms with Gasteiger partial charge in [0, 0.05) is 29.0 Å². The van der Waals surface area contributed by atoms with Gasteiger partial charge in [-0.1, -0.05) is 20.3 Å². The summed E-state index contributed by atoms with van der Waals surface area (Å²) in [5, 5.41) is 2.94. The van der Waals surface area contributed by atoms with Crippen molar-refractivity contribution in [1.29, 1.82) is 0 Å². The normalized spacial score (nSPS) is 18.3. The van der Waals surface area contributed by atoms with E-state index in [0.29, 0.717) is 11.6 Å². The molecule has 0 bridgehead atoms. The Kier molecular flexibility index (Phi) is 4.68. The van der Waals surface area contributed by atoms with Crippen LogP contribution in [-0.4, -0.2) is 24.9 Å². The maximum absolute atomic E-state index is 12.4. The highest BCUT2D eigenvalue weighted by atomic mass is 35.7. The van der Waals surface area contributed by atoms with Crippen LogP contribution in [0.25, 0.3) is 0 Å². The second-order valence-corrected chi connectivity index (χ2v) is 8.35. The summed E-state index contributed by atoms with van der Waals surface area (Å²) in [5.41, 5.74) is 0.367. The molecular formula is C14H21ClN2O3S. The Morgan fingerprint density at radius 3 is 2.57 bits per heavy atom. The van der Waals surface area contributed by atoms with E-state index in [0.717, 1.165) is 19.3 Å². The van der Waals surface area contributed by atoms with E-state index < -0.39 is 9.05 Å². The molecule has 0 saturated heterocycles. The number of carbonyl (C=O) groups is 1. The lowest BCUT2D eigenvalue weighted by molar-refractivity contribution is 0.0918. The van der Waals surface area contributed by atoms with Crippen molar-refractivity contribution in [3.05, 3.63) is 18.0 Å². The molecule has 2 atom stereocenters. The maximum atomic E-state index is 12.4. The molecule has 1 fully saturated rings. The number of hydrogen-bond acceptors (Lipinski definition) is 3. The minimum Gasteiger partial charge on any atom is -0.348 e. The Bertz CT molecular complexity index is 635. The van der Waals surface area contributed by atoms with Crippen LogP contribution in [0.2, 0.25) is 0 Å². The van der Waals surface area contributed by atoms with Crippen LogP contribution in [0.1, 0.15) is 56.6 Å². The number of amides is 1. The second-order valence-electron chi connectivity index (χ2n) is 5.79. The van der Waals surface area contributed by atoms with Gasteiger partial charge in [0.2, 0.25) is 0 Å². The minimum absolute atomic E-state index is 0.0163. The average Bonchev–Trinajstić information content (AvgIpc) is 3.14. The van der Waals surface area contributed by atoms with Gasteiger partial charge in [0.05, 0.1) is 0 Å². The fourth-order valence-electron chi connectivity index (χ4n) is 2.20. The second kappa shape index (κ2) is 6.01. The molecule has 2 rings (SSSR count).